The zero-order valence-corrected chi connectivity index (χ0v) is 12.8. The van der Waals surface area contributed by atoms with Crippen LogP contribution in [0.5, 0.6) is 0 Å². The van der Waals surface area contributed by atoms with Crippen molar-refractivity contribution in [3.8, 4) is 0 Å². The van der Waals surface area contributed by atoms with E-state index < -0.39 is 0 Å². The van der Waals surface area contributed by atoms with Crippen LogP contribution in [0.4, 0.5) is 5.69 Å². The van der Waals surface area contributed by atoms with Gasteiger partial charge in [-0.3, -0.25) is 4.79 Å². The highest BCUT2D eigenvalue weighted by Gasteiger charge is 2.10. The Balaban J connectivity index is 2.23. The van der Waals surface area contributed by atoms with Crippen LogP contribution in [-0.4, -0.2) is 5.91 Å². The van der Waals surface area contributed by atoms with Crippen LogP contribution in [0.2, 0.25) is 5.02 Å². The van der Waals surface area contributed by atoms with E-state index in [1.165, 1.54) is 0 Å². The van der Waals surface area contributed by atoms with Crippen molar-refractivity contribution >= 4 is 39.1 Å². The molecule has 19 heavy (non-hydrogen) atoms. The van der Waals surface area contributed by atoms with Gasteiger partial charge >= 0.3 is 0 Å². The van der Waals surface area contributed by atoms with E-state index in [2.05, 4.69) is 21.2 Å². The largest absolute Gasteiger partial charge is 0.322 e. The summed E-state index contributed by atoms with van der Waals surface area (Å²) in [5, 5.41) is 3.43. The Morgan fingerprint density at radius 3 is 2.68 bits per heavy atom. The average molecular weight is 339 g/mol. The van der Waals surface area contributed by atoms with Crippen molar-refractivity contribution in [2.45, 2.75) is 13.3 Å². The SMILES string of the molecule is CCc1ccccc1C(=O)Nc1ccc(Br)c(Cl)c1. The minimum absolute atomic E-state index is 0.115. The van der Waals surface area contributed by atoms with Crippen molar-refractivity contribution in [2.24, 2.45) is 0 Å². The molecule has 0 aliphatic rings. The summed E-state index contributed by atoms with van der Waals surface area (Å²) in [6, 6.07) is 12.9. The number of aryl methyl sites for hydroxylation is 1. The van der Waals surface area contributed by atoms with Gasteiger partial charge in [0.25, 0.3) is 5.91 Å². The standard InChI is InChI=1S/C15H13BrClNO/c1-2-10-5-3-4-6-12(10)15(19)18-11-7-8-13(16)14(17)9-11/h3-9H,2H2,1H3,(H,18,19). The summed E-state index contributed by atoms with van der Waals surface area (Å²) in [7, 11) is 0. The van der Waals surface area contributed by atoms with E-state index in [1.54, 1.807) is 6.07 Å². The van der Waals surface area contributed by atoms with Crippen molar-refractivity contribution in [1.29, 1.82) is 0 Å². The van der Waals surface area contributed by atoms with E-state index in [0.29, 0.717) is 16.3 Å². The molecule has 0 unspecified atom stereocenters. The van der Waals surface area contributed by atoms with Gasteiger partial charge in [0.1, 0.15) is 0 Å². The van der Waals surface area contributed by atoms with Gasteiger partial charge in [0, 0.05) is 15.7 Å². The van der Waals surface area contributed by atoms with Gasteiger partial charge < -0.3 is 5.32 Å². The number of anilines is 1. The smallest absolute Gasteiger partial charge is 0.255 e. The second kappa shape index (κ2) is 6.22. The van der Waals surface area contributed by atoms with Crippen molar-refractivity contribution in [3.05, 3.63) is 63.1 Å². The number of benzene rings is 2. The lowest BCUT2D eigenvalue weighted by atomic mass is 10.0. The first kappa shape index (κ1) is 14.1. The van der Waals surface area contributed by atoms with Crippen LogP contribution in [0.3, 0.4) is 0 Å². The van der Waals surface area contributed by atoms with Crippen molar-refractivity contribution in [1.82, 2.24) is 0 Å². The molecule has 1 N–H and O–H groups in total. The van der Waals surface area contributed by atoms with Gasteiger partial charge in [-0.05, 0) is 52.2 Å². The molecule has 0 saturated heterocycles. The van der Waals surface area contributed by atoms with E-state index in [0.717, 1.165) is 16.5 Å². The van der Waals surface area contributed by atoms with Crippen molar-refractivity contribution in [3.63, 3.8) is 0 Å². The number of rotatable bonds is 3. The second-order valence-corrected chi connectivity index (χ2v) is 5.36. The van der Waals surface area contributed by atoms with E-state index in [-0.39, 0.29) is 5.91 Å². The highest BCUT2D eigenvalue weighted by Crippen LogP contribution is 2.26. The van der Waals surface area contributed by atoms with Gasteiger partial charge in [0.15, 0.2) is 0 Å². The second-order valence-electron chi connectivity index (χ2n) is 4.09. The Bertz CT molecular complexity index is 613. The molecule has 0 heterocycles. The predicted molar refractivity (Wildman–Crippen MR) is 82.9 cm³/mol. The minimum atomic E-state index is -0.115. The molecule has 2 aromatic carbocycles. The van der Waals surface area contributed by atoms with Crippen LogP contribution in [-0.2, 0) is 6.42 Å². The topological polar surface area (TPSA) is 29.1 Å². The molecule has 0 aliphatic carbocycles. The molecule has 0 aromatic heterocycles. The molecule has 0 bridgehead atoms. The molecule has 0 aliphatic heterocycles. The Morgan fingerprint density at radius 2 is 2.00 bits per heavy atom. The number of carbonyl (C=O) groups is 1. The molecular formula is C15H13BrClNO. The monoisotopic (exact) mass is 337 g/mol. The minimum Gasteiger partial charge on any atom is -0.322 e. The molecule has 98 valence electrons. The van der Waals surface area contributed by atoms with E-state index in [4.69, 9.17) is 11.6 Å². The number of hydrogen-bond donors (Lipinski definition) is 1. The van der Waals surface area contributed by atoms with Crippen LogP contribution in [0.15, 0.2) is 46.9 Å². The Labute approximate surface area is 125 Å². The molecule has 0 saturated carbocycles. The van der Waals surface area contributed by atoms with E-state index in [1.807, 2.05) is 43.3 Å². The van der Waals surface area contributed by atoms with Crippen molar-refractivity contribution < 1.29 is 4.79 Å². The first-order valence-electron chi connectivity index (χ1n) is 5.96. The molecular weight excluding hydrogens is 326 g/mol. The van der Waals surface area contributed by atoms with Gasteiger partial charge in [0.2, 0.25) is 0 Å². The Kier molecular flexibility index (Phi) is 4.61. The lowest BCUT2D eigenvalue weighted by molar-refractivity contribution is 0.102. The average Bonchev–Trinajstić information content (AvgIpc) is 2.43. The van der Waals surface area contributed by atoms with Gasteiger partial charge in [0.05, 0.1) is 5.02 Å². The van der Waals surface area contributed by atoms with Crippen LogP contribution in [0, 0.1) is 0 Å². The van der Waals surface area contributed by atoms with Crippen LogP contribution >= 0.6 is 27.5 Å². The molecule has 2 aromatic rings. The third-order valence-corrected chi connectivity index (χ3v) is 4.05. The summed E-state index contributed by atoms with van der Waals surface area (Å²) >= 11 is 9.32. The van der Waals surface area contributed by atoms with Gasteiger partial charge in [-0.2, -0.15) is 0 Å². The molecule has 0 atom stereocenters. The van der Waals surface area contributed by atoms with E-state index in [9.17, 15) is 4.79 Å². The maximum absolute atomic E-state index is 12.2. The summed E-state index contributed by atoms with van der Waals surface area (Å²) in [4.78, 5) is 12.2. The lowest BCUT2D eigenvalue weighted by Crippen LogP contribution is -2.14. The summed E-state index contributed by atoms with van der Waals surface area (Å²) in [5.74, 6) is -0.115. The molecule has 0 spiro atoms. The molecule has 0 fully saturated rings. The maximum Gasteiger partial charge on any atom is 0.255 e. The molecule has 0 radical (unpaired) electrons. The van der Waals surface area contributed by atoms with Crippen LogP contribution in [0.1, 0.15) is 22.8 Å². The summed E-state index contributed by atoms with van der Waals surface area (Å²) in [5.41, 5.74) is 2.41. The Morgan fingerprint density at radius 1 is 1.26 bits per heavy atom. The summed E-state index contributed by atoms with van der Waals surface area (Å²) < 4.78 is 0.807. The molecule has 1 amide bonds. The normalized spacial score (nSPS) is 10.3. The fraction of sp³-hybridized carbons (Fsp3) is 0.133. The number of hydrogen-bond acceptors (Lipinski definition) is 1. The van der Waals surface area contributed by atoms with Crippen molar-refractivity contribution in [2.75, 3.05) is 5.32 Å². The van der Waals surface area contributed by atoms with Gasteiger partial charge in [-0.15, -0.1) is 0 Å². The summed E-state index contributed by atoms with van der Waals surface area (Å²) in [6.45, 7) is 2.03. The zero-order valence-electron chi connectivity index (χ0n) is 10.4. The fourth-order valence-corrected chi connectivity index (χ4v) is 2.25. The first-order valence-corrected chi connectivity index (χ1v) is 7.13. The molecule has 2 nitrogen and oxygen atoms in total. The fourth-order valence-electron chi connectivity index (χ4n) is 1.82. The first-order chi connectivity index (χ1) is 9.11. The quantitative estimate of drug-likeness (QED) is 0.846. The summed E-state index contributed by atoms with van der Waals surface area (Å²) in [6.07, 6.45) is 0.824. The maximum atomic E-state index is 12.2. The third-order valence-electron chi connectivity index (χ3n) is 2.82. The lowest BCUT2D eigenvalue weighted by Gasteiger charge is -2.09. The van der Waals surface area contributed by atoms with Crippen LogP contribution < -0.4 is 5.32 Å². The number of nitrogens with one attached hydrogen (secondary N) is 1. The van der Waals surface area contributed by atoms with E-state index >= 15 is 0 Å². The molecule has 4 heteroatoms. The Hall–Kier alpha value is -1.32. The third kappa shape index (κ3) is 3.37. The zero-order chi connectivity index (χ0) is 13.8. The highest BCUT2D eigenvalue weighted by atomic mass is 79.9. The number of carbonyl (C=O) groups excluding carboxylic acids is 1. The highest BCUT2D eigenvalue weighted by molar-refractivity contribution is 9.10. The number of amides is 1. The van der Waals surface area contributed by atoms with Gasteiger partial charge in [-0.1, -0.05) is 36.7 Å². The number of halogens is 2. The van der Waals surface area contributed by atoms with Crippen LogP contribution in [0.25, 0.3) is 0 Å². The predicted octanol–water partition coefficient (Wildman–Crippen LogP) is 4.92. The molecule has 2 rings (SSSR count). The van der Waals surface area contributed by atoms with Gasteiger partial charge in [-0.25, -0.2) is 0 Å².